The Hall–Kier alpha value is -4.01. The van der Waals surface area contributed by atoms with Gasteiger partial charge in [0.2, 0.25) is 10.0 Å². The van der Waals surface area contributed by atoms with Crippen LogP contribution in [0.4, 0.5) is 11.4 Å². The second kappa shape index (κ2) is 12.7. The summed E-state index contributed by atoms with van der Waals surface area (Å²) in [4.78, 5) is 35.2. The van der Waals surface area contributed by atoms with Crippen LogP contribution in [0.25, 0.3) is 10.4 Å². The van der Waals surface area contributed by atoms with E-state index in [1.807, 2.05) is 0 Å². The molecule has 0 bridgehead atoms. The smallest absolute Gasteiger partial charge is 0.351 e. The summed E-state index contributed by atoms with van der Waals surface area (Å²) >= 11 is 1.05. The minimum absolute atomic E-state index is 0.0869. The molecule has 0 aliphatic carbocycles. The summed E-state index contributed by atoms with van der Waals surface area (Å²) in [5.74, 6) is -2.37. The van der Waals surface area contributed by atoms with E-state index in [4.69, 9.17) is 14.6 Å². The number of hydrogen-bond donors (Lipinski definition) is 2. The number of nitro groups is 1. The van der Waals surface area contributed by atoms with Crippen LogP contribution in [0.1, 0.15) is 33.6 Å². The summed E-state index contributed by atoms with van der Waals surface area (Å²) in [6, 6.07) is 12.2. The molecule has 0 spiro atoms. The van der Waals surface area contributed by atoms with Gasteiger partial charge in [0, 0.05) is 28.1 Å². The van der Waals surface area contributed by atoms with Gasteiger partial charge in [-0.3, -0.25) is 14.4 Å². The first kappa shape index (κ1) is 30.0. The van der Waals surface area contributed by atoms with E-state index in [0.29, 0.717) is 47.6 Å². The van der Waals surface area contributed by atoms with Crippen molar-refractivity contribution in [2.75, 3.05) is 31.1 Å². The van der Waals surface area contributed by atoms with Crippen LogP contribution in [-0.4, -0.2) is 63.2 Å². The number of carboxylic acid groups (broad SMARTS) is 1. The third-order valence-electron chi connectivity index (χ3n) is 6.63. The fourth-order valence-electron chi connectivity index (χ4n) is 4.81. The zero-order valence-electron chi connectivity index (χ0n) is 22.4. The zero-order chi connectivity index (χ0) is 29.7. The van der Waals surface area contributed by atoms with Gasteiger partial charge >= 0.3 is 11.9 Å². The molecular formula is C27H29N3O9S2. The maximum atomic E-state index is 14.0. The van der Waals surface area contributed by atoms with Crippen LogP contribution in [0.15, 0.2) is 48.5 Å². The number of para-hydroxylation sites is 1. The molecule has 2 aromatic carbocycles. The molecule has 2 heterocycles. The lowest BCUT2D eigenvalue weighted by Gasteiger charge is -2.35. The average molecular weight is 604 g/mol. The Morgan fingerprint density at radius 2 is 1.88 bits per heavy atom. The standard InChI is InChI=1S/C27H29N3O9S2/c1-17-24(39-15-23(31)32)26(27(33)38-2)40-25(17)18-7-5-8-21(14-18)29(20-10-12-28-13-11-20)41(36,37)16-19-6-3-4-9-22(19)30(34)35/h3-9,14,20,28H,10-13,15-16H2,1-2H3,(H,31,32). The van der Waals surface area contributed by atoms with Gasteiger partial charge in [-0.1, -0.05) is 30.3 Å². The number of benzene rings is 2. The summed E-state index contributed by atoms with van der Waals surface area (Å²) < 4.78 is 39.6. The highest BCUT2D eigenvalue weighted by Gasteiger charge is 2.34. The molecule has 0 saturated carbocycles. The van der Waals surface area contributed by atoms with E-state index in [9.17, 15) is 28.1 Å². The van der Waals surface area contributed by atoms with Crippen molar-refractivity contribution < 1.29 is 37.5 Å². The lowest BCUT2D eigenvalue weighted by Crippen LogP contribution is -2.46. The van der Waals surface area contributed by atoms with Gasteiger partial charge in [0.1, 0.15) is 11.5 Å². The number of piperidine rings is 1. The number of carbonyl (C=O) groups is 2. The predicted octanol–water partition coefficient (Wildman–Crippen LogP) is 3.97. The van der Waals surface area contributed by atoms with Crippen molar-refractivity contribution in [2.24, 2.45) is 0 Å². The molecule has 3 aromatic rings. The summed E-state index contributed by atoms with van der Waals surface area (Å²) in [7, 11) is -2.89. The van der Waals surface area contributed by atoms with Crippen molar-refractivity contribution in [3.8, 4) is 16.2 Å². The number of nitrogens with one attached hydrogen (secondary N) is 1. The van der Waals surface area contributed by atoms with Crippen LogP contribution in [0, 0.1) is 17.0 Å². The predicted molar refractivity (Wildman–Crippen MR) is 153 cm³/mol. The topological polar surface area (TPSA) is 165 Å². The Balaban J connectivity index is 1.79. The van der Waals surface area contributed by atoms with Crippen LogP contribution in [-0.2, 0) is 25.3 Å². The number of ether oxygens (including phenoxy) is 2. The van der Waals surface area contributed by atoms with Crippen molar-refractivity contribution in [2.45, 2.75) is 31.6 Å². The SMILES string of the molecule is COC(=O)c1sc(-c2cccc(N(C3CCNCC3)S(=O)(=O)Cc3ccccc3[N+](=O)[O-])c2)c(C)c1OCC(=O)O. The van der Waals surface area contributed by atoms with Crippen molar-refractivity contribution in [1.29, 1.82) is 0 Å². The molecule has 14 heteroatoms. The fourth-order valence-corrected chi connectivity index (χ4v) is 7.85. The molecule has 0 radical (unpaired) electrons. The monoisotopic (exact) mass is 603 g/mol. The highest BCUT2D eigenvalue weighted by molar-refractivity contribution is 7.92. The summed E-state index contributed by atoms with van der Waals surface area (Å²) in [6.45, 7) is 2.24. The molecule has 0 amide bonds. The summed E-state index contributed by atoms with van der Waals surface area (Å²) in [5, 5.41) is 23.9. The molecule has 41 heavy (non-hydrogen) atoms. The van der Waals surface area contributed by atoms with E-state index in [1.165, 1.54) is 29.6 Å². The maximum absolute atomic E-state index is 14.0. The molecule has 218 valence electrons. The minimum atomic E-state index is -4.09. The van der Waals surface area contributed by atoms with E-state index < -0.39 is 39.2 Å². The quantitative estimate of drug-likeness (QED) is 0.186. The van der Waals surface area contributed by atoms with Crippen LogP contribution in [0.3, 0.4) is 0 Å². The number of rotatable bonds is 11. The van der Waals surface area contributed by atoms with Gasteiger partial charge < -0.3 is 19.9 Å². The highest BCUT2D eigenvalue weighted by atomic mass is 32.2. The number of carboxylic acids is 1. The van der Waals surface area contributed by atoms with Crippen molar-refractivity contribution in [3.05, 3.63) is 74.6 Å². The number of methoxy groups -OCH3 is 1. The molecule has 0 unspecified atom stereocenters. The first-order valence-corrected chi connectivity index (χ1v) is 15.1. The van der Waals surface area contributed by atoms with Gasteiger partial charge in [0.05, 0.1) is 17.7 Å². The van der Waals surface area contributed by atoms with Gasteiger partial charge in [-0.25, -0.2) is 18.0 Å². The largest absolute Gasteiger partial charge is 0.480 e. The van der Waals surface area contributed by atoms with Crippen molar-refractivity contribution in [3.63, 3.8) is 0 Å². The molecule has 1 saturated heterocycles. The van der Waals surface area contributed by atoms with Gasteiger partial charge in [-0.2, -0.15) is 0 Å². The van der Waals surface area contributed by atoms with Crippen LogP contribution in [0.2, 0.25) is 0 Å². The van der Waals surface area contributed by atoms with Crippen LogP contribution >= 0.6 is 11.3 Å². The number of nitrogens with zero attached hydrogens (tertiary/aromatic N) is 2. The lowest BCUT2D eigenvalue weighted by molar-refractivity contribution is -0.385. The van der Waals surface area contributed by atoms with Crippen LogP contribution in [0.5, 0.6) is 5.75 Å². The highest BCUT2D eigenvalue weighted by Crippen LogP contribution is 2.43. The number of nitro benzene ring substituents is 1. The number of thiophene rings is 1. The molecule has 12 nitrogen and oxygen atoms in total. The number of anilines is 1. The van der Waals surface area contributed by atoms with E-state index in [-0.39, 0.29) is 27.9 Å². The van der Waals surface area contributed by atoms with Gasteiger partial charge in [-0.05, 0) is 50.6 Å². The third-order valence-corrected chi connectivity index (χ3v) is 9.72. The van der Waals surface area contributed by atoms with Crippen LogP contribution < -0.4 is 14.4 Å². The number of carbonyl (C=O) groups excluding carboxylic acids is 1. The third kappa shape index (κ3) is 6.66. The Labute approximate surface area is 240 Å². The molecular weight excluding hydrogens is 574 g/mol. The van der Waals surface area contributed by atoms with Gasteiger partial charge in [-0.15, -0.1) is 11.3 Å². The molecule has 4 rings (SSSR count). The van der Waals surface area contributed by atoms with E-state index in [2.05, 4.69) is 5.32 Å². The zero-order valence-corrected chi connectivity index (χ0v) is 24.0. The Morgan fingerprint density at radius 3 is 2.54 bits per heavy atom. The number of aliphatic carboxylic acids is 1. The maximum Gasteiger partial charge on any atom is 0.351 e. The fraction of sp³-hybridized carbons (Fsp3) is 0.333. The second-order valence-corrected chi connectivity index (χ2v) is 12.2. The first-order valence-electron chi connectivity index (χ1n) is 12.6. The van der Waals surface area contributed by atoms with Crippen molar-refractivity contribution in [1.82, 2.24) is 5.32 Å². The van der Waals surface area contributed by atoms with E-state index in [0.717, 1.165) is 11.3 Å². The second-order valence-electron chi connectivity index (χ2n) is 9.36. The Kier molecular flexibility index (Phi) is 9.25. The number of sulfonamides is 1. The molecule has 1 aliphatic heterocycles. The molecule has 1 aromatic heterocycles. The lowest BCUT2D eigenvalue weighted by atomic mass is 10.0. The number of hydrogen-bond acceptors (Lipinski definition) is 10. The molecule has 1 aliphatic rings. The average Bonchev–Trinajstić information content (AvgIpc) is 3.28. The first-order chi connectivity index (χ1) is 19.5. The number of esters is 1. The Bertz CT molecular complexity index is 1560. The summed E-state index contributed by atoms with van der Waals surface area (Å²) in [5.41, 5.74) is 1.27. The normalized spacial score (nSPS) is 13.9. The van der Waals surface area contributed by atoms with Gasteiger partial charge in [0.15, 0.2) is 11.5 Å². The molecule has 1 fully saturated rings. The van der Waals surface area contributed by atoms with Gasteiger partial charge in [0.25, 0.3) is 5.69 Å². The Morgan fingerprint density at radius 1 is 1.17 bits per heavy atom. The minimum Gasteiger partial charge on any atom is -0.480 e. The summed E-state index contributed by atoms with van der Waals surface area (Å²) in [6.07, 6.45) is 1.08. The molecule has 2 N–H and O–H groups in total. The molecule has 0 atom stereocenters. The van der Waals surface area contributed by atoms with Crippen molar-refractivity contribution >= 4 is 44.7 Å². The van der Waals surface area contributed by atoms with E-state index in [1.54, 1.807) is 37.3 Å². The van der Waals surface area contributed by atoms with E-state index >= 15 is 0 Å².